The van der Waals surface area contributed by atoms with Gasteiger partial charge in [0.05, 0.1) is 18.0 Å². The predicted molar refractivity (Wildman–Crippen MR) is 103 cm³/mol. The lowest BCUT2D eigenvalue weighted by atomic mass is 10.1. The number of benzene rings is 2. The van der Waals surface area contributed by atoms with Crippen molar-refractivity contribution >= 4 is 21.6 Å². The Kier molecular flexibility index (Phi) is 5.73. The zero-order valence-corrected chi connectivity index (χ0v) is 16.3. The highest BCUT2D eigenvalue weighted by atomic mass is 32.2. The van der Waals surface area contributed by atoms with Gasteiger partial charge in [0.15, 0.2) is 11.5 Å². The summed E-state index contributed by atoms with van der Waals surface area (Å²) in [5, 5.41) is 2.77. The molecule has 2 aromatic carbocycles. The van der Waals surface area contributed by atoms with Gasteiger partial charge in [0, 0.05) is 0 Å². The standard InChI is InChI=1S/C19H21FN2O5S/c1-13(14-3-8-17-18(11-14)27-10-9-26-17)21-19(23)12-22(28(2,24)25)16-6-4-15(20)5-7-16/h3-8,11,13H,9-10,12H2,1-2H3,(H,21,23)/t13-/m1/s1. The van der Waals surface area contributed by atoms with Gasteiger partial charge in [-0.15, -0.1) is 0 Å². The van der Waals surface area contributed by atoms with E-state index >= 15 is 0 Å². The van der Waals surface area contributed by atoms with Gasteiger partial charge in [-0.3, -0.25) is 9.10 Å². The van der Waals surface area contributed by atoms with Gasteiger partial charge in [-0.25, -0.2) is 12.8 Å². The first kappa shape index (κ1) is 19.9. The predicted octanol–water partition coefficient (Wildman–Crippen LogP) is 2.24. The lowest BCUT2D eigenvalue weighted by molar-refractivity contribution is -0.120. The summed E-state index contributed by atoms with van der Waals surface area (Å²) in [5.74, 6) is 0.271. The van der Waals surface area contributed by atoms with E-state index in [1.165, 1.54) is 12.1 Å². The van der Waals surface area contributed by atoms with E-state index in [1.54, 1.807) is 19.1 Å². The van der Waals surface area contributed by atoms with Crippen LogP contribution >= 0.6 is 0 Å². The molecule has 9 heteroatoms. The van der Waals surface area contributed by atoms with Crippen LogP contribution in [0.5, 0.6) is 11.5 Å². The zero-order valence-electron chi connectivity index (χ0n) is 15.5. The van der Waals surface area contributed by atoms with Crippen LogP contribution < -0.4 is 19.1 Å². The molecule has 2 aromatic rings. The summed E-state index contributed by atoms with van der Waals surface area (Å²) in [4.78, 5) is 12.5. The van der Waals surface area contributed by atoms with Gasteiger partial charge < -0.3 is 14.8 Å². The van der Waals surface area contributed by atoms with Crippen molar-refractivity contribution in [3.05, 3.63) is 53.8 Å². The van der Waals surface area contributed by atoms with Crippen molar-refractivity contribution < 1.29 is 27.1 Å². The summed E-state index contributed by atoms with van der Waals surface area (Å²) in [6, 6.07) is 9.90. The SMILES string of the molecule is C[C@@H](NC(=O)CN(c1ccc(F)cc1)S(C)(=O)=O)c1ccc2c(c1)OCCO2. The Balaban J connectivity index is 1.71. The summed E-state index contributed by atoms with van der Waals surface area (Å²) in [6.45, 7) is 2.31. The van der Waals surface area contributed by atoms with Crippen LogP contribution in [0, 0.1) is 5.82 Å². The molecule has 0 aromatic heterocycles. The molecule has 1 heterocycles. The molecule has 0 saturated carbocycles. The maximum Gasteiger partial charge on any atom is 0.241 e. The summed E-state index contributed by atoms with van der Waals surface area (Å²) in [7, 11) is -3.72. The molecular formula is C19H21FN2O5S. The minimum atomic E-state index is -3.72. The minimum absolute atomic E-state index is 0.214. The van der Waals surface area contributed by atoms with Crippen LogP contribution in [0.25, 0.3) is 0 Å². The molecule has 3 rings (SSSR count). The second-order valence-electron chi connectivity index (χ2n) is 6.44. The van der Waals surface area contributed by atoms with Gasteiger partial charge in [-0.05, 0) is 48.9 Å². The molecule has 0 unspecified atom stereocenters. The monoisotopic (exact) mass is 408 g/mol. The number of sulfonamides is 1. The Morgan fingerprint density at radius 1 is 1.14 bits per heavy atom. The molecule has 0 radical (unpaired) electrons. The molecule has 0 spiro atoms. The number of halogens is 1. The summed E-state index contributed by atoms with van der Waals surface area (Å²) in [5.41, 5.74) is 1.01. The highest BCUT2D eigenvalue weighted by molar-refractivity contribution is 7.92. The Morgan fingerprint density at radius 3 is 2.43 bits per heavy atom. The highest BCUT2D eigenvalue weighted by Crippen LogP contribution is 2.32. The number of fused-ring (bicyclic) bond motifs is 1. The maximum absolute atomic E-state index is 13.1. The van der Waals surface area contributed by atoms with E-state index in [9.17, 15) is 17.6 Å². The second kappa shape index (κ2) is 8.05. The van der Waals surface area contributed by atoms with Crippen molar-refractivity contribution in [2.45, 2.75) is 13.0 Å². The number of nitrogens with zero attached hydrogens (tertiary/aromatic N) is 1. The Bertz CT molecular complexity index is 963. The molecule has 1 amide bonds. The maximum atomic E-state index is 13.1. The van der Waals surface area contributed by atoms with Gasteiger partial charge in [-0.2, -0.15) is 0 Å². The highest BCUT2D eigenvalue weighted by Gasteiger charge is 2.22. The average molecular weight is 408 g/mol. The Morgan fingerprint density at radius 2 is 1.79 bits per heavy atom. The largest absolute Gasteiger partial charge is 0.486 e. The van der Waals surface area contributed by atoms with Crippen LogP contribution in [0.1, 0.15) is 18.5 Å². The third kappa shape index (κ3) is 4.72. The van der Waals surface area contributed by atoms with Crippen molar-refractivity contribution in [2.24, 2.45) is 0 Å². The van der Waals surface area contributed by atoms with E-state index in [-0.39, 0.29) is 11.7 Å². The minimum Gasteiger partial charge on any atom is -0.486 e. The van der Waals surface area contributed by atoms with Crippen molar-refractivity contribution in [3.63, 3.8) is 0 Å². The van der Waals surface area contributed by atoms with Crippen LogP contribution in [-0.4, -0.2) is 40.3 Å². The molecule has 28 heavy (non-hydrogen) atoms. The van der Waals surface area contributed by atoms with Gasteiger partial charge in [0.25, 0.3) is 0 Å². The molecule has 1 N–H and O–H groups in total. The lowest BCUT2D eigenvalue weighted by Gasteiger charge is -2.24. The molecule has 0 aliphatic carbocycles. The number of carbonyl (C=O) groups excluding carboxylic acids is 1. The number of rotatable bonds is 6. The van der Waals surface area contributed by atoms with Crippen LogP contribution in [-0.2, 0) is 14.8 Å². The zero-order chi connectivity index (χ0) is 20.3. The van der Waals surface area contributed by atoms with E-state index in [0.29, 0.717) is 24.7 Å². The summed E-state index contributed by atoms with van der Waals surface area (Å²) >= 11 is 0. The molecule has 7 nitrogen and oxygen atoms in total. The number of nitrogens with one attached hydrogen (secondary N) is 1. The van der Waals surface area contributed by atoms with Crippen LogP contribution in [0.2, 0.25) is 0 Å². The lowest BCUT2D eigenvalue weighted by Crippen LogP contribution is -2.41. The van der Waals surface area contributed by atoms with Gasteiger partial charge in [0.2, 0.25) is 15.9 Å². The average Bonchev–Trinajstić information content (AvgIpc) is 2.65. The first-order chi connectivity index (χ1) is 13.2. The van der Waals surface area contributed by atoms with E-state index in [4.69, 9.17) is 9.47 Å². The van der Waals surface area contributed by atoms with Crippen LogP contribution in [0.4, 0.5) is 10.1 Å². The first-order valence-corrected chi connectivity index (χ1v) is 10.5. The van der Waals surface area contributed by atoms with Crippen molar-refractivity contribution in [1.29, 1.82) is 0 Å². The van der Waals surface area contributed by atoms with E-state index in [2.05, 4.69) is 5.32 Å². The molecule has 1 aliphatic heterocycles. The molecule has 0 fully saturated rings. The molecule has 0 saturated heterocycles. The number of anilines is 1. The van der Waals surface area contributed by atoms with Gasteiger partial charge in [0.1, 0.15) is 25.6 Å². The number of carbonyl (C=O) groups is 1. The second-order valence-corrected chi connectivity index (χ2v) is 8.35. The fourth-order valence-electron chi connectivity index (χ4n) is 2.84. The normalized spacial score (nSPS) is 14.2. The molecule has 1 aliphatic rings. The van der Waals surface area contributed by atoms with Crippen molar-refractivity contribution in [1.82, 2.24) is 5.32 Å². The van der Waals surface area contributed by atoms with Gasteiger partial charge >= 0.3 is 0 Å². The van der Waals surface area contributed by atoms with Gasteiger partial charge in [-0.1, -0.05) is 6.07 Å². The first-order valence-electron chi connectivity index (χ1n) is 8.66. The van der Waals surface area contributed by atoms with E-state index in [0.717, 1.165) is 28.3 Å². The summed E-state index contributed by atoms with van der Waals surface area (Å²) < 4.78 is 49.2. The Hall–Kier alpha value is -2.81. The Labute approximate surface area is 163 Å². The molecule has 0 bridgehead atoms. The van der Waals surface area contributed by atoms with Crippen LogP contribution in [0.3, 0.4) is 0 Å². The topological polar surface area (TPSA) is 84.9 Å². The van der Waals surface area contributed by atoms with E-state index in [1.807, 2.05) is 6.07 Å². The van der Waals surface area contributed by atoms with E-state index < -0.39 is 28.3 Å². The van der Waals surface area contributed by atoms with Crippen molar-refractivity contribution in [2.75, 3.05) is 30.3 Å². The summed E-state index contributed by atoms with van der Waals surface area (Å²) in [6.07, 6.45) is 0.994. The fourth-order valence-corrected chi connectivity index (χ4v) is 3.69. The quantitative estimate of drug-likeness (QED) is 0.793. The third-order valence-corrected chi connectivity index (χ3v) is 5.39. The number of hydrogen-bond acceptors (Lipinski definition) is 5. The molecule has 1 atom stereocenters. The smallest absolute Gasteiger partial charge is 0.241 e. The third-order valence-electron chi connectivity index (χ3n) is 4.25. The van der Waals surface area contributed by atoms with Crippen LogP contribution in [0.15, 0.2) is 42.5 Å². The molecule has 150 valence electrons. The number of amides is 1. The number of ether oxygens (including phenoxy) is 2. The number of hydrogen-bond donors (Lipinski definition) is 1. The fraction of sp³-hybridized carbons (Fsp3) is 0.316. The van der Waals surface area contributed by atoms with Crippen molar-refractivity contribution in [3.8, 4) is 11.5 Å². The molecular weight excluding hydrogens is 387 g/mol.